The predicted octanol–water partition coefficient (Wildman–Crippen LogP) is 1.89. The minimum Gasteiger partial charge on any atom is -0.228 e. The Hall–Kier alpha value is -0.440. The molecule has 21 heavy (non-hydrogen) atoms. The minimum atomic E-state index is -3.59. The summed E-state index contributed by atoms with van der Waals surface area (Å²) in [4.78, 5) is 0.186. The van der Waals surface area contributed by atoms with E-state index in [1.165, 1.54) is 16.4 Å². The lowest BCUT2D eigenvalue weighted by Crippen LogP contribution is -2.57. The Kier molecular flexibility index (Phi) is 4.82. The Balaban J connectivity index is 2.09. The van der Waals surface area contributed by atoms with Crippen LogP contribution in [0.5, 0.6) is 0 Å². The molecule has 1 aromatic rings. The van der Waals surface area contributed by atoms with Crippen molar-refractivity contribution in [3.05, 3.63) is 28.7 Å². The van der Waals surface area contributed by atoms with Crippen LogP contribution < -0.4 is 0 Å². The van der Waals surface area contributed by atoms with Crippen molar-refractivity contribution in [3.8, 4) is 0 Å². The van der Waals surface area contributed by atoms with Crippen LogP contribution in [0.3, 0.4) is 0 Å². The second kappa shape index (κ2) is 5.98. The largest absolute Gasteiger partial charge is 0.243 e. The second-order valence-corrected chi connectivity index (χ2v) is 10.8. The molecule has 1 saturated heterocycles. The highest BCUT2D eigenvalue weighted by atomic mass is 79.9. The fourth-order valence-corrected chi connectivity index (χ4v) is 6.18. The van der Waals surface area contributed by atoms with E-state index in [0.29, 0.717) is 0 Å². The Morgan fingerprint density at radius 3 is 2.14 bits per heavy atom. The van der Waals surface area contributed by atoms with Crippen molar-refractivity contribution in [2.45, 2.75) is 24.0 Å². The van der Waals surface area contributed by atoms with E-state index in [2.05, 4.69) is 15.9 Å². The number of nitrogens with zero attached hydrogens (tertiary/aromatic N) is 1. The molecular weight excluding hydrogens is 378 g/mol. The maximum atomic E-state index is 12.3. The number of halogens is 1. The Morgan fingerprint density at radius 2 is 1.67 bits per heavy atom. The van der Waals surface area contributed by atoms with Gasteiger partial charge in [-0.25, -0.2) is 16.8 Å². The number of hydrogen-bond acceptors (Lipinski definition) is 4. The molecule has 1 aromatic carbocycles. The summed E-state index contributed by atoms with van der Waals surface area (Å²) >= 11 is 3.25. The fraction of sp³-hybridized carbons (Fsp3) is 0.538. The van der Waals surface area contributed by atoms with Crippen molar-refractivity contribution in [3.63, 3.8) is 0 Å². The molecule has 1 heterocycles. The van der Waals surface area contributed by atoms with Gasteiger partial charge in [-0.2, -0.15) is 4.31 Å². The second-order valence-electron chi connectivity index (χ2n) is 5.62. The molecule has 5 nitrogen and oxygen atoms in total. The van der Waals surface area contributed by atoms with Gasteiger partial charge in [-0.05, 0) is 30.2 Å². The summed E-state index contributed by atoms with van der Waals surface area (Å²) in [5.41, 5.74) is 0. The summed E-state index contributed by atoms with van der Waals surface area (Å²) in [6.07, 6.45) is 0. The molecule has 1 fully saturated rings. The lowest BCUT2D eigenvalue weighted by atomic mass is 10.3. The molecule has 0 amide bonds. The third kappa shape index (κ3) is 3.67. The Bertz CT molecular complexity index is 705. The summed E-state index contributed by atoms with van der Waals surface area (Å²) in [6.45, 7) is 3.78. The minimum absolute atomic E-state index is 0.0483. The monoisotopic (exact) mass is 395 g/mol. The highest BCUT2D eigenvalue weighted by Crippen LogP contribution is 2.27. The highest BCUT2D eigenvalue weighted by molar-refractivity contribution is 9.10. The molecule has 0 N–H and O–H groups in total. The maximum Gasteiger partial charge on any atom is 0.243 e. The van der Waals surface area contributed by atoms with E-state index in [4.69, 9.17) is 0 Å². The van der Waals surface area contributed by atoms with Gasteiger partial charge in [0.2, 0.25) is 10.0 Å². The third-order valence-electron chi connectivity index (χ3n) is 3.34. The molecule has 0 aromatic heterocycles. The van der Waals surface area contributed by atoms with Crippen molar-refractivity contribution < 1.29 is 16.8 Å². The van der Waals surface area contributed by atoms with Crippen LogP contribution in [0.1, 0.15) is 13.8 Å². The molecular formula is C13H18BrNO4S2. The first kappa shape index (κ1) is 16.9. The Morgan fingerprint density at radius 1 is 1.14 bits per heavy atom. The van der Waals surface area contributed by atoms with E-state index in [1.807, 2.05) is 13.8 Å². The number of hydrogen-bond donors (Lipinski definition) is 0. The topological polar surface area (TPSA) is 71.5 Å². The summed E-state index contributed by atoms with van der Waals surface area (Å²) in [5, 5.41) is -0.579. The van der Waals surface area contributed by atoms with Crippen molar-refractivity contribution in [1.82, 2.24) is 4.31 Å². The average Bonchev–Trinajstić information content (AvgIpc) is 2.24. The molecule has 1 aliphatic heterocycles. The fourth-order valence-electron chi connectivity index (χ4n) is 2.18. The standard InChI is InChI=1S/C13H18BrNO4S2/c1-10(2)9-20(16,17)13-7-15(8-13)21(18,19)12-5-3-11(14)4-6-12/h3-6,10,13H,7-9H2,1-2H3. The number of rotatable bonds is 5. The van der Waals surface area contributed by atoms with Gasteiger partial charge in [-0.3, -0.25) is 0 Å². The number of sulfone groups is 1. The lowest BCUT2D eigenvalue weighted by molar-refractivity contribution is 0.309. The molecule has 0 radical (unpaired) electrons. The molecule has 0 atom stereocenters. The first-order valence-corrected chi connectivity index (χ1v) is 10.5. The van der Waals surface area contributed by atoms with Crippen LogP contribution in [0.25, 0.3) is 0 Å². The first-order valence-electron chi connectivity index (χ1n) is 6.60. The molecule has 0 aliphatic carbocycles. The van der Waals surface area contributed by atoms with Gasteiger partial charge in [-0.1, -0.05) is 29.8 Å². The van der Waals surface area contributed by atoms with E-state index in [-0.39, 0.29) is 29.7 Å². The SMILES string of the molecule is CC(C)CS(=O)(=O)C1CN(S(=O)(=O)c2ccc(Br)cc2)C1. The highest BCUT2D eigenvalue weighted by Gasteiger charge is 2.43. The van der Waals surface area contributed by atoms with Crippen molar-refractivity contribution in [1.29, 1.82) is 0 Å². The van der Waals surface area contributed by atoms with Gasteiger partial charge in [0.05, 0.1) is 15.9 Å². The summed E-state index contributed by atoms with van der Waals surface area (Å²) in [7, 11) is -6.81. The molecule has 0 spiro atoms. The molecule has 0 bridgehead atoms. The quantitative estimate of drug-likeness (QED) is 0.762. The van der Waals surface area contributed by atoms with E-state index >= 15 is 0 Å². The van der Waals surface area contributed by atoms with Gasteiger partial charge in [0.15, 0.2) is 9.84 Å². The summed E-state index contributed by atoms with van der Waals surface area (Å²) < 4.78 is 50.8. The van der Waals surface area contributed by atoms with Gasteiger partial charge in [0, 0.05) is 17.6 Å². The van der Waals surface area contributed by atoms with Gasteiger partial charge >= 0.3 is 0 Å². The summed E-state index contributed by atoms with van der Waals surface area (Å²) in [5.74, 6) is 0.149. The van der Waals surface area contributed by atoms with Crippen LogP contribution in [0.15, 0.2) is 33.6 Å². The van der Waals surface area contributed by atoms with Gasteiger partial charge in [0.1, 0.15) is 0 Å². The zero-order chi connectivity index (χ0) is 15.8. The van der Waals surface area contributed by atoms with Gasteiger partial charge in [-0.15, -0.1) is 0 Å². The number of sulfonamides is 1. The third-order valence-corrected chi connectivity index (χ3v) is 8.16. The first-order chi connectivity index (χ1) is 9.63. The van der Waals surface area contributed by atoms with Gasteiger partial charge < -0.3 is 0 Å². The van der Waals surface area contributed by atoms with Crippen LogP contribution in [0.2, 0.25) is 0 Å². The van der Waals surface area contributed by atoms with Crippen LogP contribution in [0, 0.1) is 5.92 Å². The predicted molar refractivity (Wildman–Crippen MR) is 85.3 cm³/mol. The lowest BCUT2D eigenvalue weighted by Gasteiger charge is -2.37. The zero-order valence-corrected chi connectivity index (χ0v) is 15.1. The molecule has 8 heteroatoms. The normalized spacial score (nSPS) is 17.9. The maximum absolute atomic E-state index is 12.3. The van der Waals surface area contributed by atoms with Crippen LogP contribution in [0.4, 0.5) is 0 Å². The van der Waals surface area contributed by atoms with E-state index in [0.717, 1.165) is 4.47 Å². The molecule has 0 unspecified atom stereocenters. The van der Waals surface area contributed by atoms with Crippen molar-refractivity contribution in [2.75, 3.05) is 18.8 Å². The van der Waals surface area contributed by atoms with E-state index in [1.54, 1.807) is 12.1 Å². The smallest absolute Gasteiger partial charge is 0.228 e. The molecule has 1 aliphatic rings. The molecule has 0 saturated carbocycles. The molecule has 2 rings (SSSR count). The van der Waals surface area contributed by atoms with Crippen molar-refractivity contribution in [2.24, 2.45) is 5.92 Å². The summed E-state index contributed by atoms with van der Waals surface area (Å²) in [6, 6.07) is 6.32. The van der Waals surface area contributed by atoms with Gasteiger partial charge in [0.25, 0.3) is 0 Å². The number of benzene rings is 1. The van der Waals surface area contributed by atoms with Crippen molar-refractivity contribution >= 4 is 35.8 Å². The van der Waals surface area contributed by atoms with E-state index < -0.39 is 25.1 Å². The molecule has 118 valence electrons. The van der Waals surface area contributed by atoms with Crippen LogP contribution >= 0.6 is 15.9 Å². The zero-order valence-electron chi connectivity index (χ0n) is 11.9. The van der Waals surface area contributed by atoms with Crippen LogP contribution in [-0.4, -0.2) is 45.2 Å². The van der Waals surface area contributed by atoms with E-state index in [9.17, 15) is 16.8 Å². The van der Waals surface area contributed by atoms with Crippen LogP contribution in [-0.2, 0) is 19.9 Å². The Labute approximate surface area is 134 Å². The average molecular weight is 396 g/mol.